The predicted molar refractivity (Wildman–Crippen MR) is 83.2 cm³/mol. The van der Waals surface area contributed by atoms with Crippen molar-refractivity contribution in [3.05, 3.63) is 57.8 Å². The Labute approximate surface area is 132 Å². The number of aryl methyl sites for hydroxylation is 1. The lowest BCUT2D eigenvalue weighted by Crippen LogP contribution is -2.40. The molecule has 0 bridgehead atoms. The van der Waals surface area contributed by atoms with Crippen molar-refractivity contribution in [3.8, 4) is 5.69 Å². The summed E-state index contributed by atoms with van der Waals surface area (Å²) in [7, 11) is 1.47. The lowest BCUT2D eigenvalue weighted by Gasteiger charge is -2.22. The predicted octanol–water partition coefficient (Wildman–Crippen LogP) is 1.13. The summed E-state index contributed by atoms with van der Waals surface area (Å²) in [4.78, 5) is 25.7. The van der Waals surface area contributed by atoms with Gasteiger partial charge < -0.3 is 10.0 Å². The first kappa shape index (κ1) is 16.8. The van der Waals surface area contributed by atoms with Crippen LogP contribution in [0.15, 0.2) is 35.1 Å². The van der Waals surface area contributed by atoms with E-state index in [1.54, 1.807) is 26.0 Å². The molecule has 0 saturated heterocycles. The highest BCUT2D eigenvalue weighted by atomic mass is 19.1. The number of aliphatic hydroxyl groups excluding tert-OH is 1. The maximum atomic E-state index is 14.0. The Bertz CT molecular complexity index is 788. The Morgan fingerprint density at radius 3 is 2.70 bits per heavy atom. The molecule has 6 nitrogen and oxygen atoms in total. The molecule has 1 atom stereocenters. The van der Waals surface area contributed by atoms with Gasteiger partial charge in [-0.2, -0.15) is 5.10 Å². The molecular formula is C16H18FN3O3. The second-order valence-corrected chi connectivity index (χ2v) is 5.31. The van der Waals surface area contributed by atoms with Gasteiger partial charge in [0.1, 0.15) is 11.5 Å². The maximum Gasteiger partial charge on any atom is 0.278 e. The molecule has 0 fully saturated rings. The lowest BCUT2D eigenvalue weighted by atomic mass is 10.2. The Morgan fingerprint density at radius 2 is 2.09 bits per heavy atom. The summed E-state index contributed by atoms with van der Waals surface area (Å²) in [5.74, 6) is -1.14. The lowest BCUT2D eigenvalue weighted by molar-refractivity contribution is 0.0673. The third-order valence-corrected chi connectivity index (χ3v) is 3.64. The number of carbonyl (C=O) groups excluding carboxylic acids is 1. The zero-order valence-electron chi connectivity index (χ0n) is 13.2. The highest BCUT2D eigenvalue weighted by Crippen LogP contribution is 2.13. The summed E-state index contributed by atoms with van der Waals surface area (Å²) in [5.41, 5.74) is -0.301. The molecular weight excluding hydrogens is 301 g/mol. The Morgan fingerprint density at radius 1 is 1.43 bits per heavy atom. The third-order valence-electron chi connectivity index (χ3n) is 3.64. The number of aromatic nitrogens is 2. The third kappa shape index (κ3) is 3.29. The first-order valence-electron chi connectivity index (χ1n) is 7.10. The number of amides is 1. The molecule has 1 amide bonds. The maximum absolute atomic E-state index is 14.0. The number of halogens is 1. The molecule has 0 spiro atoms. The first-order chi connectivity index (χ1) is 10.9. The highest BCUT2D eigenvalue weighted by molar-refractivity contribution is 5.92. The van der Waals surface area contributed by atoms with Crippen molar-refractivity contribution in [2.75, 3.05) is 13.7 Å². The molecule has 7 heteroatoms. The highest BCUT2D eigenvalue weighted by Gasteiger charge is 2.22. The van der Waals surface area contributed by atoms with Gasteiger partial charge in [0.15, 0.2) is 5.69 Å². The fraction of sp³-hybridized carbons (Fsp3) is 0.312. The van der Waals surface area contributed by atoms with Crippen molar-refractivity contribution in [2.45, 2.75) is 19.9 Å². The van der Waals surface area contributed by atoms with Crippen LogP contribution in [0.2, 0.25) is 0 Å². The Balaban J connectivity index is 2.56. The van der Waals surface area contributed by atoms with Crippen LogP contribution in [0.1, 0.15) is 23.1 Å². The molecule has 1 unspecified atom stereocenters. The van der Waals surface area contributed by atoms with Crippen LogP contribution in [-0.4, -0.2) is 45.4 Å². The molecule has 122 valence electrons. The van der Waals surface area contributed by atoms with Gasteiger partial charge in [0.2, 0.25) is 5.43 Å². The molecule has 0 aliphatic rings. The van der Waals surface area contributed by atoms with Crippen LogP contribution in [0.4, 0.5) is 4.39 Å². The van der Waals surface area contributed by atoms with E-state index in [-0.39, 0.29) is 18.0 Å². The van der Waals surface area contributed by atoms with Crippen LogP contribution in [0.5, 0.6) is 0 Å². The summed E-state index contributed by atoms with van der Waals surface area (Å²) >= 11 is 0. The normalized spacial score (nSPS) is 12.0. The van der Waals surface area contributed by atoms with E-state index in [0.29, 0.717) is 5.69 Å². The second-order valence-electron chi connectivity index (χ2n) is 5.31. The SMILES string of the molecule is Cc1cc(=O)c(C(=O)N(C)C(C)CO)nn1-c1ccccc1F. The monoisotopic (exact) mass is 319 g/mol. The number of carbonyl (C=O) groups is 1. The number of benzene rings is 1. The first-order valence-corrected chi connectivity index (χ1v) is 7.10. The summed E-state index contributed by atoms with van der Waals surface area (Å²) in [6.07, 6.45) is 0. The van der Waals surface area contributed by atoms with Crippen LogP contribution in [0.3, 0.4) is 0 Å². The second kappa shape index (κ2) is 6.70. The van der Waals surface area contributed by atoms with Gasteiger partial charge in [-0.15, -0.1) is 0 Å². The molecule has 0 saturated carbocycles. The van der Waals surface area contributed by atoms with Gasteiger partial charge in [-0.3, -0.25) is 9.59 Å². The molecule has 2 rings (SSSR count). The number of hydrogen-bond acceptors (Lipinski definition) is 4. The zero-order chi connectivity index (χ0) is 17.1. The number of para-hydroxylation sites is 1. The molecule has 1 aromatic carbocycles. The van der Waals surface area contributed by atoms with Crippen LogP contribution < -0.4 is 5.43 Å². The zero-order valence-corrected chi connectivity index (χ0v) is 13.2. The van der Waals surface area contributed by atoms with Gasteiger partial charge in [-0.05, 0) is 26.0 Å². The number of aliphatic hydroxyl groups is 1. The van der Waals surface area contributed by atoms with Gasteiger partial charge in [-0.25, -0.2) is 9.07 Å². The molecule has 2 aromatic rings. The van der Waals surface area contributed by atoms with Crippen molar-refractivity contribution < 1.29 is 14.3 Å². The van der Waals surface area contributed by atoms with Gasteiger partial charge >= 0.3 is 0 Å². The average molecular weight is 319 g/mol. The summed E-state index contributed by atoms with van der Waals surface area (Å²) in [6, 6.07) is 6.74. The molecule has 1 heterocycles. The van der Waals surface area contributed by atoms with Crippen molar-refractivity contribution in [1.29, 1.82) is 0 Å². The van der Waals surface area contributed by atoms with Crippen LogP contribution in [0, 0.1) is 12.7 Å². The van der Waals surface area contributed by atoms with E-state index in [9.17, 15) is 14.0 Å². The Hall–Kier alpha value is -2.54. The summed E-state index contributed by atoms with van der Waals surface area (Å²) < 4.78 is 15.2. The van der Waals surface area contributed by atoms with Crippen molar-refractivity contribution in [1.82, 2.24) is 14.7 Å². The summed E-state index contributed by atoms with van der Waals surface area (Å²) in [6.45, 7) is 3.01. The minimum Gasteiger partial charge on any atom is -0.394 e. The molecule has 0 radical (unpaired) electrons. The Kier molecular flexibility index (Phi) is 4.90. The smallest absolute Gasteiger partial charge is 0.278 e. The average Bonchev–Trinajstić information content (AvgIpc) is 2.54. The van der Waals surface area contributed by atoms with E-state index in [1.807, 2.05) is 0 Å². The van der Waals surface area contributed by atoms with Crippen molar-refractivity contribution in [3.63, 3.8) is 0 Å². The van der Waals surface area contributed by atoms with E-state index in [1.165, 1.54) is 34.8 Å². The van der Waals surface area contributed by atoms with Crippen LogP contribution >= 0.6 is 0 Å². The number of likely N-dealkylation sites (N-methyl/N-ethyl adjacent to an activating group) is 1. The van der Waals surface area contributed by atoms with E-state index in [0.717, 1.165) is 0 Å². The number of nitrogens with zero attached hydrogens (tertiary/aromatic N) is 3. The fourth-order valence-corrected chi connectivity index (χ4v) is 2.05. The number of hydrogen-bond donors (Lipinski definition) is 1. The van der Waals surface area contributed by atoms with E-state index >= 15 is 0 Å². The van der Waals surface area contributed by atoms with Crippen molar-refractivity contribution >= 4 is 5.91 Å². The van der Waals surface area contributed by atoms with Gasteiger partial charge in [-0.1, -0.05) is 12.1 Å². The largest absolute Gasteiger partial charge is 0.394 e. The molecule has 0 aliphatic carbocycles. The topological polar surface area (TPSA) is 75.4 Å². The summed E-state index contributed by atoms with van der Waals surface area (Å²) in [5, 5.41) is 13.2. The molecule has 1 N–H and O–H groups in total. The molecule has 1 aromatic heterocycles. The fourth-order valence-electron chi connectivity index (χ4n) is 2.05. The molecule has 0 aliphatic heterocycles. The minimum atomic E-state index is -0.623. The molecule has 23 heavy (non-hydrogen) atoms. The quantitative estimate of drug-likeness (QED) is 0.917. The van der Waals surface area contributed by atoms with Gasteiger partial charge in [0.05, 0.1) is 12.6 Å². The minimum absolute atomic E-state index is 0.150. The van der Waals surface area contributed by atoms with Crippen LogP contribution in [-0.2, 0) is 0 Å². The van der Waals surface area contributed by atoms with Gasteiger partial charge in [0.25, 0.3) is 5.91 Å². The standard InChI is InChI=1S/C16H18FN3O3/c1-10-8-14(22)15(16(23)19(3)11(2)9-21)18-20(10)13-7-5-4-6-12(13)17/h4-8,11,21H,9H2,1-3H3. The van der Waals surface area contributed by atoms with E-state index in [4.69, 9.17) is 5.11 Å². The van der Waals surface area contributed by atoms with Crippen LogP contribution in [0.25, 0.3) is 5.69 Å². The van der Waals surface area contributed by atoms with E-state index < -0.39 is 23.2 Å². The van der Waals surface area contributed by atoms with E-state index in [2.05, 4.69) is 5.10 Å². The van der Waals surface area contributed by atoms with Crippen molar-refractivity contribution in [2.24, 2.45) is 0 Å². The number of rotatable bonds is 4. The van der Waals surface area contributed by atoms with Gasteiger partial charge in [0, 0.05) is 18.8 Å².